The maximum absolute atomic E-state index is 11.9. The molecule has 0 aliphatic rings. The summed E-state index contributed by atoms with van der Waals surface area (Å²) in [6.07, 6.45) is 7.27. The predicted molar refractivity (Wildman–Crippen MR) is 205 cm³/mol. The fraction of sp³-hybridized carbons (Fsp3) is 0.750. The Morgan fingerprint density at radius 2 is 1.06 bits per heavy atom. The van der Waals surface area contributed by atoms with Crippen molar-refractivity contribution >= 4 is 11.6 Å². The van der Waals surface area contributed by atoms with Crippen LogP contribution < -0.4 is 4.74 Å². The van der Waals surface area contributed by atoms with Crippen molar-refractivity contribution in [3.8, 4) is 17.0 Å². The first-order valence-electron chi connectivity index (χ1n) is 19.6. The smallest absolute Gasteiger partial charge is 0.172 e. The van der Waals surface area contributed by atoms with Crippen LogP contribution in [0.3, 0.4) is 0 Å². The summed E-state index contributed by atoms with van der Waals surface area (Å²) in [6, 6.07) is 7.44. The lowest BCUT2D eigenvalue weighted by Crippen LogP contribution is -2.16. The summed E-state index contributed by atoms with van der Waals surface area (Å²) in [6.45, 7) is 16.8. The van der Waals surface area contributed by atoms with Gasteiger partial charge >= 0.3 is 0 Å². The molecule has 54 heavy (non-hydrogen) atoms. The van der Waals surface area contributed by atoms with Crippen molar-refractivity contribution in [1.29, 1.82) is 0 Å². The van der Waals surface area contributed by atoms with Crippen LogP contribution in [0.4, 0.5) is 0 Å². The zero-order valence-corrected chi connectivity index (χ0v) is 33.3. The quantitative estimate of drug-likeness (QED) is 0.0821. The fourth-order valence-electron chi connectivity index (χ4n) is 4.75. The number of benzene rings is 1. The lowest BCUT2D eigenvalue weighted by atomic mass is 10.0. The Morgan fingerprint density at radius 3 is 1.54 bits per heavy atom. The van der Waals surface area contributed by atoms with Gasteiger partial charge in [0.2, 0.25) is 0 Å². The maximum atomic E-state index is 11.9. The van der Waals surface area contributed by atoms with Crippen molar-refractivity contribution in [2.24, 2.45) is 11.8 Å². The van der Waals surface area contributed by atoms with Crippen LogP contribution in [0.1, 0.15) is 66.2 Å². The standard InChI is InChI=1S/C40H67N3O11/c1-34(2)8-5-6-9-37(44)10-7-16-46-18-20-48-22-24-50-26-28-52-30-31-53-29-27-51-25-23-49-21-19-47-17-15-43-32-39(41-42-43)36-11-13-38(14-12-36)54-33-40(45)35(3)4/h11-14,32,34-35H,5-10,15-31,33H2,1-4H3. The zero-order valence-electron chi connectivity index (χ0n) is 33.3. The molecule has 14 nitrogen and oxygen atoms in total. The van der Waals surface area contributed by atoms with Crippen molar-refractivity contribution in [1.82, 2.24) is 15.0 Å². The Balaban J connectivity index is 1.25. The lowest BCUT2D eigenvalue weighted by Gasteiger charge is -2.09. The molecular formula is C40H67N3O11. The first-order chi connectivity index (χ1) is 26.3. The van der Waals surface area contributed by atoms with Crippen LogP contribution in [0.15, 0.2) is 30.5 Å². The summed E-state index contributed by atoms with van der Waals surface area (Å²) in [5.41, 5.74) is 1.66. The predicted octanol–water partition coefficient (Wildman–Crippen LogP) is 5.25. The number of hydrogen-bond acceptors (Lipinski definition) is 13. The molecule has 0 spiro atoms. The molecule has 0 fully saturated rings. The van der Waals surface area contributed by atoms with E-state index in [1.807, 2.05) is 44.3 Å². The van der Waals surface area contributed by atoms with Crippen molar-refractivity contribution in [2.75, 3.05) is 112 Å². The third kappa shape index (κ3) is 26.1. The first kappa shape index (κ1) is 47.3. The number of ketones is 2. The van der Waals surface area contributed by atoms with Crippen molar-refractivity contribution in [2.45, 2.75) is 72.8 Å². The van der Waals surface area contributed by atoms with Gasteiger partial charge in [-0.1, -0.05) is 45.7 Å². The lowest BCUT2D eigenvalue weighted by molar-refractivity contribution is -0.124. The fourth-order valence-corrected chi connectivity index (χ4v) is 4.75. The van der Waals surface area contributed by atoms with Gasteiger partial charge in [-0.3, -0.25) is 9.59 Å². The van der Waals surface area contributed by atoms with E-state index in [1.165, 1.54) is 6.42 Å². The van der Waals surface area contributed by atoms with E-state index in [4.69, 9.17) is 42.6 Å². The number of carbonyl (C=O) groups excluding carboxylic acids is 2. The topological polar surface area (TPSA) is 148 Å². The number of hydrogen-bond donors (Lipinski definition) is 0. The molecule has 0 atom stereocenters. The number of Topliss-reactive ketones (excluding diaryl/α,β-unsaturated/α-hetero) is 2. The molecule has 0 aliphatic heterocycles. The number of rotatable bonds is 38. The summed E-state index contributed by atoms with van der Waals surface area (Å²) in [4.78, 5) is 23.6. The van der Waals surface area contributed by atoms with Gasteiger partial charge in [0, 0.05) is 30.9 Å². The minimum absolute atomic E-state index is 0.0462. The van der Waals surface area contributed by atoms with E-state index in [9.17, 15) is 9.59 Å². The highest BCUT2D eigenvalue weighted by atomic mass is 16.6. The molecule has 2 rings (SSSR count). The van der Waals surface area contributed by atoms with Crippen LogP contribution >= 0.6 is 0 Å². The third-order valence-corrected chi connectivity index (χ3v) is 8.01. The molecule has 0 saturated heterocycles. The Kier molecular flexibility index (Phi) is 28.4. The second-order valence-electron chi connectivity index (χ2n) is 13.5. The average molecular weight is 766 g/mol. The Labute approximate surface area is 322 Å². The Morgan fingerprint density at radius 1 is 0.593 bits per heavy atom. The molecule has 1 aromatic carbocycles. The second-order valence-corrected chi connectivity index (χ2v) is 13.5. The van der Waals surface area contributed by atoms with Crippen LogP contribution in [0.2, 0.25) is 0 Å². The van der Waals surface area contributed by atoms with Crippen LogP contribution in [0, 0.1) is 11.8 Å². The van der Waals surface area contributed by atoms with Gasteiger partial charge in [0.1, 0.15) is 23.8 Å². The molecule has 0 bridgehead atoms. The highest BCUT2D eigenvalue weighted by molar-refractivity contribution is 5.81. The third-order valence-electron chi connectivity index (χ3n) is 8.01. The number of nitrogens with zero attached hydrogens (tertiary/aromatic N) is 3. The molecule has 0 radical (unpaired) electrons. The van der Waals surface area contributed by atoms with Crippen molar-refractivity contribution in [3.63, 3.8) is 0 Å². The monoisotopic (exact) mass is 765 g/mol. The average Bonchev–Trinajstić information content (AvgIpc) is 3.64. The number of unbranched alkanes of at least 4 members (excludes halogenated alkanes) is 1. The van der Waals surface area contributed by atoms with Crippen molar-refractivity contribution < 1.29 is 52.2 Å². The van der Waals surface area contributed by atoms with E-state index < -0.39 is 0 Å². The van der Waals surface area contributed by atoms with Gasteiger partial charge < -0.3 is 42.6 Å². The van der Waals surface area contributed by atoms with Gasteiger partial charge in [-0.15, -0.1) is 5.10 Å². The van der Waals surface area contributed by atoms with Crippen molar-refractivity contribution in [3.05, 3.63) is 30.5 Å². The summed E-state index contributed by atoms with van der Waals surface area (Å²) in [7, 11) is 0. The molecule has 0 N–H and O–H groups in total. The van der Waals surface area contributed by atoms with E-state index in [1.54, 1.807) is 4.68 Å². The Bertz CT molecular complexity index is 1190. The van der Waals surface area contributed by atoms with Gasteiger partial charge in [0.15, 0.2) is 5.78 Å². The first-order valence-corrected chi connectivity index (χ1v) is 19.6. The maximum Gasteiger partial charge on any atom is 0.172 e. The number of aromatic nitrogens is 3. The molecule has 0 amide bonds. The van der Waals surface area contributed by atoms with Crippen LogP contribution in [0.25, 0.3) is 11.3 Å². The van der Waals surface area contributed by atoms with Crippen LogP contribution in [-0.4, -0.2) is 139 Å². The molecule has 0 aliphatic carbocycles. The molecular weight excluding hydrogens is 698 g/mol. The van der Waals surface area contributed by atoms with Crippen LogP contribution in [-0.2, 0) is 54.0 Å². The van der Waals surface area contributed by atoms with E-state index in [2.05, 4.69) is 24.2 Å². The summed E-state index contributed by atoms with van der Waals surface area (Å²) in [5.74, 6) is 1.71. The normalized spacial score (nSPS) is 11.6. The minimum Gasteiger partial charge on any atom is -0.486 e. The minimum atomic E-state index is -0.0462. The van der Waals surface area contributed by atoms with E-state index in [0.29, 0.717) is 143 Å². The second kappa shape index (κ2) is 32.4. The largest absolute Gasteiger partial charge is 0.486 e. The summed E-state index contributed by atoms with van der Waals surface area (Å²) < 4.78 is 51.6. The molecule has 14 heteroatoms. The molecule has 308 valence electrons. The molecule has 0 saturated carbocycles. The molecule has 1 heterocycles. The van der Waals surface area contributed by atoms with Gasteiger partial charge in [-0.25, -0.2) is 4.68 Å². The molecule has 1 aromatic heterocycles. The highest BCUT2D eigenvalue weighted by Gasteiger charge is 2.09. The van der Waals surface area contributed by atoms with Gasteiger partial charge in [-0.2, -0.15) is 0 Å². The van der Waals surface area contributed by atoms with E-state index in [0.717, 1.165) is 30.5 Å². The molecule has 2 aromatic rings. The number of ether oxygens (including phenoxy) is 9. The Hall–Kier alpha value is -2.82. The van der Waals surface area contributed by atoms with Crippen LogP contribution in [0.5, 0.6) is 5.75 Å². The summed E-state index contributed by atoms with van der Waals surface area (Å²) in [5, 5.41) is 8.40. The number of carbonyl (C=O) groups is 2. The molecule has 0 unspecified atom stereocenters. The summed E-state index contributed by atoms with van der Waals surface area (Å²) >= 11 is 0. The van der Waals surface area contributed by atoms with E-state index in [-0.39, 0.29) is 18.3 Å². The van der Waals surface area contributed by atoms with Gasteiger partial charge in [0.25, 0.3) is 0 Å². The highest BCUT2D eigenvalue weighted by Crippen LogP contribution is 2.20. The van der Waals surface area contributed by atoms with E-state index >= 15 is 0 Å². The van der Waals surface area contributed by atoms with Gasteiger partial charge in [0.05, 0.1) is 112 Å². The SMILES string of the molecule is CC(C)CCCCC(=O)CCCOCCOCCOCCOCCOCCOCCOCCOCCn1cc(-c2ccc(OCC(=O)C(C)C)cc2)nn1. The van der Waals surface area contributed by atoms with Gasteiger partial charge in [-0.05, 0) is 43.0 Å². The zero-order chi connectivity index (χ0) is 38.9.